The highest BCUT2D eigenvalue weighted by Gasteiger charge is 2.53. The van der Waals surface area contributed by atoms with Crippen LogP contribution in [0.5, 0.6) is 0 Å². The molecule has 4 nitrogen and oxygen atoms in total. The quantitative estimate of drug-likeness (QED) is 0.229. The first-order valence-corrected chi connectivity index (χ1v) is 12.2. The zero-order valence-corrected chi connectivity index (χ0v) is 21.4. The number of rotatable bonds is 2. The number of aromatic amines is 2. The molecule has 0 radical (unpaired) electrons. The number of alkyl halides is 1. The summed E-state index contributed by atoms with van der Waals surface area (Å²) in [5.41, 5.74) is 3.27. The van der Waals surface area contributed by atoms with E-state index in [9.17, 15) is 9.59 Å². The van der Waals surface area contributed by atoms with Crippen LogP contribution >= 0.6 is 63.7 Å². The van der Waals surface area contributed by atoms with Gasteiger partial charge in [0.1, 0.15) is 4.32 Å². The van der Waals surface area contributed by atoms with Crippen LogP contribution in [0.15, 0.2) is 68.3 Å². The summed E-state index contributed by atoms with van der Waals surface area (Å²) >= 11 is 14.1. The van der Waals surface area contributed by atoms with Gasteiger partial charge in [0.2, 0.25) is 0 Å². The van der Waals surface area contributed by atoms with Crippen molar-refractivity contribution in [2.45, 2.75) is 10.2 Å². The van der Waals surface area contributed by atoms with Gasteiger partial charge >= 0.3 is 0 Å². The van der Waals surface area contributed by atoms with Gasteiger partial charge in [-0.15, -0.1) is 0 Å². The second-order valence-corrected chi connectivity index (χ2v) is 11.1. The standard InChI is InChI=1S/C22H12Br4N2O2/c23-10-1-3-17-12(5-10)14(8-27-17)20-21(30)16(25)7-19(29)22(20,26)15-9-28-18-4-2-11(24)6-13(15)18/h1-9,20,27-28H. The summed E-state index contributed by atoms with van der Waals surface area (Å²) in [5, 5.41) is 1.77. The van der Waals surface area contributed by atoms with E-state index in [1.54, 1.807) is 0 Å². The largest absolute Gasteiger partial charge is 0.361 e. The molecule has 1 aliphatic carbocycles. The lowest BCUT2D eigenvalue weighted by Gasteiger charge is -2.35. The van der Waals surface area contributed by atoms with Crippen molar-refractivity contribution in [1.82, 2.24) is 9.97 Å². The van der Waals surface area contributed by atoms with Crippen LogP contribution in [0.2, 0.25) is 0 Å². The molecule has 4 aromatic rings. The second kappa shape index (κ2) is 7.29. The number of fused-ring (bicyclic) bond motifs is 2. The molecular weight excluding hydrogens is 644 g/mol. The van der Waals surface area contributed by atoms with E-state index < -0.39 is 10.2 Å². The molecule has 0 spiro atoms. The molecule has 5 rings (SSSR count). The van der Waals surface area contributed by atoms with Gasteiger partial charge in [-0.3, -0.25) is 9.59 Å². The predicted octanol–water partition coefficient (Wildman–Crippen LogP) is 6.98. The number of carbonyl (C=O) groups is 2. The van der Waals surface area contributed by atoms with Crippen LogP contribution in [0.4, 0.5) is 0 Å². The Kier molecular flexibility index (Phi) is 4.96. The smallest absolute Gasteiger partial charge is 0.179 e. The van der Waals surface area contributed by atoms with Gasteiger partial charge in [-0.2, -0.15) is 0 Å². The number of nitrogens with one attached hydrogen (secondary N) is 2. The highest BCUT2D eigenvalue weighted by molar-refractivity contribution is 9.12. The van der Waals surface area contributed by atoms with Crippen molar-refractivity contribution in [3.05, 3.63) is 79.4 Å². The average molecular weight is 656 g/mol. The zero-order valence-electron chi connectivity index (χ0n) is 15.1. The number of allylic oxidation sites excluding steroid dienone is 2. The van der Waals surface area contributed by atoms with Crippen molar-refractivity contribution in [1.29, 1.82) is 0 Å². The molecule has 2 heterocycles. The minimum absolute atomic E-state index is 0.156. The van der Waals surface area contributed by atoms with Gasteiger partial charge in [0.15, 0.2) is 11.6 Å². The molecular formula is C22H12Br4N2O2. The number of carbonyl (C=O) groups excluding carboxylic acids is 2. The fourth-order valence-corrected chi connectivity index (χ4v) is 6.20. The van der Waals surface area contributed by atoms with Gasteiger partial charge in [0, 0.05) is 54.8 Å². The van der Waals surface area contributed by atoms with Gasteiger partial charge in [-0.1, -0.05) is 47.8 Å². The molecule has 30 heavy (non-hydrogen) atoms. The van der Waals surface area contributed by atoms with E-state index in [4.69, 9.17) is 0 Å². The van der Waals surface area contributed by atoms with E-state index in [-0.39, 0.29) is 16.0 Å². The highest BCUT2D eigenvalue weighted by Crippen LogP contribution is 2.53. The first kappa shape index (κ1) is 20.4. The maximum absolute atomic E-state index is 13.5. The van der Waals surface area contributed by atoms with E-state index in [1.807, 2.05) is 48.8 Å². The Bertz CT molecular complexity index is 1400. The highest BCUT2D eigenvalue weighted by atomic mass is 79.9. The third-order valence-corrected chi connectivity index (χ3v) is 8.42. The minimum atomic E-state index is -1.25. The first-order chi connectivity index (χ1) is 14.3. The molecule has 2 aromatic heterocycles. The SMILES string of the molecule is O=C1C(Br)=CC(=O)C(Br)(c2c[nH]c3ccc(Br)cc23)C1c1c[nH]c2ccc(Br)cc12. The van der Waals surface area contributed by atoms with Crippen LogP contribution in [-0.4, -0.2) is 21.5 Å². The number of aromatic nitrogens is 2. The molecule has 0 fully saturated rings. The number of ketones is 2. The normalized spacial score (nSPS) is 22.1. The van der Waals surface area contributed by atoms with E-state index in [1.165, 1.54) is 6.08 Å². The number of hydrogen-bond acceptors (Lipinski definition) is 2. The van der Waals surface area contributed by atoms with Crippen LogP contribution in [0.25, 0.3) is 21.8 Å². The van der Waals surface area contributed by atoms with Crippen molar-refractivity contribution in [2.24, 2.45) is 0 Å². The summed E-state index contributed by atoms with van der Waals surface area (Å²) in [5.74, 6) is -1.11. The van der Waals surface area contributed by atoms with E-state index in [2.05, 4.69) is 73.7 Å². The molecule has 0 amide bonds. The van der Waals surface area contributed by atoms with Crippen molar-refractivity contribution in [2.75, 3.05) is 0 Å². The summed E-state index contributed by atoms with van der Waals surface area (Å²) in [6.45, 7) is 0. The number of benzene rings is 2. The lowest BCUT2D eigenvalue weighted by molar-refractivity contribution is -0.124. The van der Waals surface area contributed by atoms with Crippen LogP contribution in [0, 0.1) is 0 Å². The molecule has 0 saturated heterocycles. The summed E-state index contributed by atoms with van der Waals surface area (Å²) in [7, 11) is 0. The molecule has 0 saturated carbocycles. The maximum atomic E-state index is 13.5. The third kappa shape index (κ3) is 2.95. The minimum Gasteiger partial charge on any atom is -0.361 e. The Morgan fingerprint density at radius 3 is 2.13 bits per heavy atom. The average Bonchev–Trinajstić information content (AvgIpc) is 3.31. The molecule has 2 unspecified atom stereocenters. The topological polar surface area (TPSA) is 65.7 Å². The van der Waals surface area contributed by atoms with Crippen LogP contribution < -0.4 is 0 Å². The summed E-state index contributed by atoms with van der Waals surface area (Å²) in [4.78, 5) is 33.4. The number of H-pyrrole nitrogens is 2. The van der Waals surface area contributed by atoms with Crippen LogP contribution in [0.3, 0.4) is 0 Å². The Morgan fingerprint density at radius 1 is 0.833 bits per heavy atom. The molecule has 2 atom stereocenters. The molecule has 1 aliphatic rings. The fraction of sp³-hybridized carbons (Fsp3) is 0.0909. The summed E-state index contributed by atoms with van der Waals surface area (Å²) < 4.78 is 0.817. The predicted molar refractivity (Wildman–Crippen MR) is 132 cm³/mol. The van der Waals surface area contributed by atoms with Crippen molar-refractivity contribution >= 4 is 97.1 Å². The Hall–Kier alpha value is -1.48. The Morgan fingerprint density at radius 2 is 1.43 bits per heavy atom. The van der Waals surface area contributed by atoms with Gasteiger partial charge in [-0.05, 0) is 57.9 Å². The maximum Gasteiger partial charge on any atom is 0.179 e. The molecule has 2 N–H and O–H groups in total. The number of hydrogen-bond donors (Lipinski definition) is 2. The van der Waals surface area contributed by atoms with Gasteiger partial charge < -0.3 is 9.97 Å². The van der Waals surface area contributed by atoms with Crippen molar-refractivity contribution in [3.8, 4) is 0 Å². The Balaban J connectivity index is 1.83. The molecule has 150 valence electrons. The van der Waals surface area contributed by atoms with E-state index in [0.717, 1.165) is 41.9 Å². The van der Waals surface area contributed by atoms with E-state index in [0.29, 0.717) is 0 Å². The zero-order chi connectivity index (χ0) is 21.2. The summed E-state index contributed by atoms with van der Waals surface area (Å²) in [6.07, 6.45) is 5.00. The second-order valence-electron chi connectivity index (χ2n) is 7.19. The van der Waals surface area contributed by atoms with Gasteiger partial charge in [0.25, 0.3) is 0 Å². The molecule has 8 heteroatoms. The van der Waals surface area contributed by atoms with Crippen LogP contribution in [0.1, 0.15) is 17.0 Å². The summed E-state index contributed by atoms with van der Waals surface area (Å²) in [6, 6.07) is 11.7. The number of halogens is 4. The van der Waals surface area contributed by atoms with Gasteiger partial charge in [-0.25, -0.2) is 0 Å². The number of Topliss-reactive ketones (excluding diaryl/α,β-unsaturated/α-hetero) is 1. The van der Waals surface area contributed by atoms with Gasteiger partial charge in [0.05, 0.1) is 10.4 Å². The lowest BCUT2D eigenvalue weighted by atomic mass is 9.73. The van der Waals surface area contributed by atoms with E-state index >= 15 is 0 Å². The van der Waals surface area contributed by atoms with Crippen LogP contribution in [-0.2, 0) is 13.9 Å². The first-order valence-electron chi connectivity index (χ1n) is 8.99. The lowest BCUT2D eigenvalue weighted by Crippen LogP contribution is -2.42. The Labute approximate surface area is 205 Å². The van der Waals surface area contributed by atoms with Crippen molar-refractivity contribution < 1.29 is 9.59 Å². The molecule has 0 bridgehead atoms. The monoisotopic (exact) mass is 652 g/mol. The molecule has 0 aliphatic heterocycles. The third-order valence-electron chi connectivity index (χ3n) is 5.53. The van der Waals surface area contributed by atoms with Crippen molar-refractivity contribution in [3.63, 3.8) is 0 Å². The molecule has 2 aromatic carbocycles. The fourth-order valence-electron chi connectivity index (χ4n) is 4.14.